The van der Waals surface area contributed by atoms with Gasteiger partial charge >= 0.3 is 0 Å². The van der Waals surface area contributed by atoms with Gasteiger partial charge in [0.25, 0.3) is 0 Å². The van der Waals surface area contributed by atoms with Crippen LogP contribution in [0.3, 0.4) is 0 Å². The topological polar surface area (TPSA) is 20.2 Å². The number of rotatable bonds is 4. The second kappa shape index (κ2) is 6.54. The highest BCUT2D eigenvalue weighted by Gasteiger charge is 2.18. The van der Waals surface area contributed by atoms with Crippen molar-refractivity contribution >= 4 is 11.6 Å². The maximum absolute atomic E-state index is 13.9. The van der Waals surface area contributed by atoms with E-state index in [0.717, 1.165) is 30.5 Å². The van der Waals surface area contributed by atoms with E-state index >= 15 is 0 Å². The molecule has 0 aromatic heterocycles. The highest BCUT2D eigenvalue weighted by Crippen LogP contribution is 2.29. The molecule has 0 saturated heterocycles. The molecule has 0 spiro atoms. The van der Waals surface area contributed by atoms with Crippen LogP contribution in [0.4, 0.5) is 8.78 Å². The summed E-state index contributed by atoms with van der Waals surface area (Å²) in [5.74, 6) is -1.46. The number of aliphatic hydroxyl groups is 1. The van der Waals surface area contributed by atoms with E-state index in [2.05, 4.69) is 6.92 Å². The van der Waals surface area contributed by atoms with Crippen LogP contribution in [0.1, 0.15) is 42.2 Å². The monoisotopic (exact) mass is 310 g/mol. The maximum Gasteiger partial charge on any atom is 0.142 e. The van der Waals surface area contributed by atoms with E-state index < -0.39 is 17.7 Å². The average molecular weight is 311 g/mol. The summed E-state index contributed by atoms with van der Waals surface area (Å²) in [7, 11) is 0. The maximum atomic E-state index is 13.9. The normalized spacial score (nSPS) is 12.5. The van der Waals surface area contributed by atoms with Crippen molar-refractivity contribution in [3.8, 4) is 0 Å². The molecule has 4 heteroatoms. The molecular formula is C17H17ClF2O. The first kappa shape index (κ1) is 15.9. The number of aryl methyl sites for hydroxylation is 2. The zero-order chi connectivity index (χ0) is 15.6. The van der Waals surface area contributed by atoms with Crippen molar-refractivity contribution in [3.05, 3.63) is 69.2 Å². The van der Waals surface area contributed by atoms with Crippen molar-refractivity contribution < 1.29 is 13.9 Å². The molecule has 0 amide bonds. The molecule has 0 saturated carbocycles. The highest BCUT2D eigenvalue weighted by molar-refractivity contribution is 6.30. The minimum Gasteiger partial charge on any atom is -0.384 e. The van der Waals surface area contributed by atoms with Gasteiger partial charge in [0.05, 0.1) is 5.02 Å². The molecule has 0 bridgehead atoms. The lowest BCUT2D eigenvalue weighted by Gasteiger charge is -2.16. The van der Waals surface area contributed by atoms with Crippen molar-refractivity contribution in [2.45, 2.75) is 32.8 Å². The van der Waals surface area contributed by atoms with Crippen molar-refractivity contribution in [2.24, 2.45) is 0 Å². The zero-order valence-electron chi connectivity index (χ0n) is 12.0. The Bertz CT molecular complexity index is 655. The molecule has 0 aliphatic rings. The Morgan fingerprint density at radius 3 is 2.29 bits per heavy atom. The van der Waals surface area contributed by atoms with Crippen LogP contribution < -0.4 is 0 Å². The van der Waals surface area contributed by atoms with Gasteiger partial charge in [-0.1, -0.05) is 43.6 Å². The predicted molar refractivity (Wildman–Crippen MR) is 80.6 cm³/mol. The minimum atomic E-state index is -1.21. The Hall–Kier alpha value is -1.45. The average Bonchev–Trinajstić information content (AvgIpc) is 2.49. The summed E-state index contributed by atoms with van der Waals surface area (Å²) in [4.78, 5) is 0. The van der Waals surface area contributed by atoms with Gasteiger partial charge in [-0.2, -0.15) is 0 Å². The van der Waals surface area contributed by atoms with Crippen molar-refractivity contribution in [2.75, 3.05) is 0 Å². The Morgan fingerprint density at radius 1 is 1.00 bits per heavy atom. The molecule has 2 aromatic rings. The summed E-state index contributed by atoms with van der Waals surface area (Å²) in [6.07, 6.45) is 0.498. The molecule has 1 atom stereocenters. The fourth-order valence-corrected chi connectivity index (χ4v) is 2.57. The van der Waals surface area contributed by atoms with E-state index in [9.17, 15) is 13.9 Å². The van der Waals surface area contributed by atoms with E-state index in [0.29, 0.717) is 5.56 Å². The third kappa shape index (κ3) is 3.25. The van der Waals surface area contributed by atoms with Crippen LogP contribution >= 0.6 is 11.6 Å². The fraction of sp³-hybridized carbons (Fsp3) is 0.294. The molecular weight excluding hydrogens is 294 g/mol. The molecule has 0 heterocycles. The predicted octanol–water partition coefficient (Wildman–Crippen LogP) is 4.82. The molecule has 2 rings (SSSR count). The van der Waals surface area contributed by atoms with Gasteiger partial charge in [0.1, 0.15) is 17.7 Å². The fourth-order valence-electron chi connectivity index (χ4n) is 2.42. The van der Waals surface area contributed by atoms with Crippen LogP contribution in [0.15, 0.2) is 30.3 Å². The smallest absolute Gasteiger partial charge is 0.142 e. The number of hydrogen-bond acceptors (Lipinski definition) is 1. The van der Waals surface area contributed by atoms with Gasteiger partial charge in [0.15, 0.2) is 0 Å². The van der Waals surface area contributed by atoms with Crippen LogP contribution in [0.5, 0.6) is 0 Å². The third-order valence-electron chi connectivity index (χ3n) is 3.64. The summed E-state index contributed by atoms with van der Waals surface area (Å²) in [6, 6.07) is 7.34. The Kier molecular flexibility index (Phi) is 4.96. The van der Waals surface area contributed by atoms with Gasteiger partial charge < -0.3 is 5.11 Å². The number of halogens is 3. The lowest BCUT2D eigenvalue weighted by Crippen LogP contribution is -2.05. The molecule has 1 nitrogen and oxygen atoms in total. The number of aliphatic hydroxyl groups excluding tert-OH is 1. The van der Waals surface area contributed by atoms with E-state index in [1.165, 1.54) is 5.56 Å². The van der Waals surface area contributed by atoms with Crippen LogP contribution in [-0.2, 0) is 12.8 Å². The number of benzene rings is 2. The lowest BCUT2D eigenvalue weighted by molar-refractivity contribution is 0.214. The van der Waals surface area contributed by atoms with Gasteiger partial charge in [-0.25, -0.2) is 8.78 Å². The second-order valence-corrected chi connectivity index (χ2v) is 5.33. The first-order valence-corrected chi connectivity index (χ1v) is 7.29. The molecule has 0 radical (unpaired) electrons. The van der Waals surface area contributed by atoms with Crippen LogP contribution in [0.2, 0.25) is 5.02 Å². The van der Waals surface area contributed by atoms with Gasteiger partial charge in [0.2, 0.25) is 0 Å². The standard InChI is InChI=1S/C17H17ClF2O/c1-3-10-5-6-12(7-11(10)4-2)17(21)13-8-16(20)14(18)9-15(13)19/h5-9,17,21H,3-4H2,1-2H3. The molecule has 0 fully saturated rings. The highest BCUT2D eigenvalue weighted by atomic mass is 35.5. The molecule has 1 N–H and O–H groups in total. The molecule has 112 valence electrons. The number of hydrogen-bond donors (Lipinski definition) is 1. The summed E-state index contributed by atoms with van der Waals surface area (Å²) >= 11 is 5.53. The summed E-state index contributed by atoms with van der Waals surface area (Å²) in [6.45, 7) is 4.08. The van der Waals surface area contributed by atoms with Crippen LogP contribution in [0.25, 0.3) is 0 Å². The van der Waals surface area contributed by atoms with Gasteiger partial charge in [-0.3, -0.25) is 0 Å². The Balaban J connectivity index is 2.45. The Morgan fingerprint density at radius 2 is 1.67 bits per heavy atom. The molecule has 2 aromatic carbocycles. The van der Waals surface area contributed by atoms with Crippen LogP contribution in [-0.4, -0.2) is 5.11 Å². The largest absolute Gasteiger partial charge is 0.384 e. The minimum absolute atomic E-state index is 0.108. The molecule has 1 unspecified atom stereocenters. The summed E-state index contributed by atoms with van der Waals surface area (Å²) < 4.78 is 27.4. The SMILES string of the molecule is CCc1ccc(C(O)c2cc(F)c(Cl)cc2F)cc1CC. The van der Waals surface area contributed by atoms with E-state index in [-0.39, 0.29) is 10.6 Å². The molecule has 0 aliphatic carbocycles. The third-order valence-corrected chi connectivity index (χ3v) is 3.93. The zero-order valence-corrected chi connectivity index (χ0v) is 12.7. The molecule has 0 aliphatic heterocycles. The second-order valence-electron chi connectivity index (χ2n) is 4.93. The van der Waals surface area contributed by atoms with Gasteiger partial charge in [-0.15, -0.1) is 0 Å². The summed E-state index contributed by atoms with van der Waals surface area (Å²) in [5, 5.41) is 10.0. The van der Waals surface area contributed by atoms with E-state index in [4.69, 9.17) is 11.6 Å². The van der Waals surface area contributed by atoms with Crippen molar-refractivity contribution in [3.63, 3.8) is 0 Å². The first-order valence-electron chi connectivity index (χ1n) is 6.92. The lowest BCUT2D eigenvalue weighted by atomic mass is 9.94. The molecule has 21 heavy (non-hydrogen) atoms. The first-order chi connectivity index (χ1) is 9.97. The van der Waals surface area contributed by atoms with Crippen molar-refractivity contribution in [1.82, 2.24) is 0 Å². The van der Waals surface area contributed by atoms with Gasteiger partial charge in [-0.05, 0) is 41.7 Å². The van der Waals surface area contributed by atoms with E-state index in [1.807, 2.05) is 19.1 Å². The Labute approximate surface area is 128 Å². The van der Waals surface area contributed by atoms with E-state index in [1.54, 1.807) is 6.07 Å². The van der Waals surface area contributed by atoms with Crippen molar-refractivity contribution in [1.29, 1.82) is 0 Å². The quantitative estimate of drug-likeness (QED) is 0.802. The van der Waals surface area contributed by atoms with Gasteiger partial charge in [0, 0.05) is 5.56 Å². The van der Waals surface area contributed by atoms with Crippen LogP contribution in [0, 0.1) is 11.6 Å². The summed E-state index contributed by atoms with van der Waals surface area (Å²) in [5.41, 5.74) is 2.73.